The van der Waals surface area contributed by atoms with Gasteiger partial charge in [-0.2, -0.15) is 0 Å². The fraction of sp³-hybridized carbons (Fsp3) is 0.333. The number of aliphatic hydroxyl groups is 1. The lowest BCUT2D eigenvalue weighted by Crippen LogP contribution is -2.36. The molecule has 1 unspecified atom stereocenters. The SMILES string of the molecule is CC(N)(CO)c1ccc(F)cc1O. The van der Waals surface area contributed by atoms with Gasteiger partial charge < -0.3 is 15.9 Å². The van der Waals surface area contributed by atoms with Crippen molar-refractivity contribution in [2.45, 2.75) is 12.5 Å². The highest BCUT2D eigenvalue weighted by atomic mass is 19.1. The van der Waals surface area contributed by atoms with E-state index in [1.54, 1.807) is 6.92 Å². The number of benzene rings is 1. The molecular formula is C9H12FNO2. The van der Waals surface area contributed by atoms with Crippen LogP contribution in [0.4, 0.5) is 4.39 Å². The monoisotopic (exact) mass is 185 g/mol. The van der Waals surface area contributed by atoms with Gasteiger partial charge in [-0.15, -0.1) is 0 Å². The van der Waals surface area contributed by atoms with Crippen molar-refractivity contribution < 1.29 is 14.6 Å². The van der Waals surface area contributed by atoms with E-state index in [1.165, 1.54) is 12.1 Å². The highest BCUT2D eigenvalue weighted by Crippen LogP contribution is 2.27. The maximum absolute atomic E-state index is 12.6. The van der Waals surface area contributed by atoms with Gasteiger partial charge in [0.05, 0.1) is 12.1 Å². The standard InChI is InChI=1S/C9H12FNO2/c1-9(11,5-12)7-3-2-6(10)4-8(7)13/h2-4,12-13H,5,11H2,1H3. The molecule has 1 aromatic carbocycles. The molecule has 0 aliphatic heterocycles. The molecule has 1 atom stereocenters. The zero-order valence-corrected chi connectivity index (χ0v) is 7.29. The third-order valence-corrected chi connectivity index (χ3v) is 1.90. The van der Waals surface area contributed by atoms with Gasteiger partial charge in [0.15, 0.2) is 0 Å². The van der Waals surface area contributed by atoms with E-state index in [9.17, 15) is 9.50 Å². The Hall–Kier alpha value is -1.13. The van der Waals surface area contributed by atoms with Gasteiger partial charge in [0.2, 0.25) is 0 Å². The predicted molar refractivity (Wildman–Crippen MR) is 46.7 cm³/mol. The van der Waals surface area contributed by atoms with E-state index in [4.69, 9.17) is 10.8 Å². The number of hydrogen-bond acceptors (Lipinski definition) is 3. The molecule has 0 saturated heterocycles. The second-order valence-electron chi connectivity index (χ2n) is 3.24. The third-order valence-electron chi connectivity index (χ3n) is 1.90. The van der Waals surface area contributed by atoms with Crippen LogP contribution >= 0.6 is 0 Å². The average molecular weight is 185 g/mol. The van der Waals surface area contributed by atoms with Crippen LogP contribution in [0.15, 0.2) is 18.2 Å². The summed E-state index contributed by atoms with van der Waals surface area (Å²) in [7, 11) is 0. The number of aromatic hydroxyl groups is 1. The first-order valence-corrected chi connectivity index (χ1v) is 3.86. The molecule has 3 nitrogen and oxygen atoms in total. The van der Waals surface area contributed by atoms with Gasteiger partial charge >= 0.3 is 0 Å². The molecule has 0 radical (unpaired) electrons. The number of phenolic OH excluding ortho intramolecular Hbond substituents is 1. The minimum Gasteiger partial charge on any atom is -0.507 e. The summed E-state index contributed by atoms with van der Waals surface area (Å²) in [4.78, 5) is 0. The minimum absolute atomic E-state index is 0.237. The Kier molecular flexibility index (Phi) is 2.54. The maximum Gasteiger partial charge on any atom is 0.126 e. The van der Waals surface area contributed by atoms with Crippen LogP contribution in [0, 0.1) is 5.82 Å². The summed E-state index contributed by atoms with van der Waals surface area (Å²) in [6.07, 6.45) is 0. The van der Waals surface area contributed by atoms with E-state index in [-0.39, 0.29) is 12.4 Å². The van der Waals surface area contributed by atoms with Crippen LogP contribution in [0.25, 0.3) is 0 Å². The fourth-order valence-corrected chi connectivity index (χ4v) is 1.07. The van der Waals surface area contributed by atoms with Crippen molar-refractivity contribution in [3.8, 4) is 5.75 Å². The molecule has 0 amide bonds. The first-order chi connectivity index (χ1) is 5.97. The molecule has 4 N–H and O–H groups in total. The molecular weight excluding hydrogens is 173 g/mol. The van der Waals surface area contributed by atoms with Crippen LogP contribution < -0.4 is 5.73 Å². The summed E-state index contributed by atoms with van der Waals surface area (Å²) in [5.74, 6) is -0.769. The predicted octanol–water partition coefficient (Wildman–Crippen LogP) is 0.698. The zero-order chi connectivity index (χ0) is 10.1. The first kappa shape index (κ1) is 9.95. The van der Waals surface area contributed by atoms with E-state index in [0.717, 1.165) is 6.07 Å². The molecule has 1 rings (SSSR count). The molecule has 0 bridgehead atoms. The quantitative estimate of drug-likeness (QED) is 0.635. The Morgan fingerprint density at radius 3 is 2.62 bits per heavy atom. The maximum atomic E-state index is 12.6. The second kappa shape index (κ2) is 3.32. The molecule has 0 heterocycles. The molecule has 0 aromatic heterocycles. The van der Waals surface area contributed by atoms with Crippen molar-refractivity contribution >= 4 is 0 Å². The molecule has 4 heteroatoms. The summed E-state index contributed by atoms with van der Waals surface area (Å²) < 4.78 is 12.6. The van der Waals surface area contributed by atoms with Gasteiger partial charge in [0.25, 0.3) is 0 Å². The molecule has 13 heavy (non-hydrogen) atoms. The van der Waals surface area contributed by atoms with Crippen LogP contribution in [0.1, 0.15) is 12.5 Å². The van der Waals surface area contributed by atoms with Crippen LogP contribution in [0.2, 0.25) is 0 Å². The number of halogens is 1. The topological polar surface area (TPSA) is 66.5 Å². The number of nitrogens with two attached hydrogens (primary N) is 1. The van der Waals surface area contributed by atoms with E-state index in [2.05, 4.69) is 0 Å². The minimum atomic E-state index is -1.04. The first-order valence-electron chi connectivity index (χ1n) is 3.86. The van der Waals surface area contributed by atoms with Crippen LogP contribution in [-0.2, 0) is 5.54 Å². The average Bonchev–Trinajstić information content (AvgIpc) is 2.03. The van der Waals surface area contributed by atoms with Crippen molar-refractivity contribution in [1.82, 2.24) is 0 Å². The lowest BCUT2D eigenvalue weighted by atomic mass is 9.93. The van der Waals surface area contributed by atoms with E-state index < -0.39 is 11.4 Å². The normalized spacial score (nSPS) is 15.4. The lowest BCUT2D eigenvalue weighted by Gasteiger charge is -2.23. The van der Waals surface area contributed by atoms with Crippen molar-refractivity contribution in [3.63, 3.8) is 0 Å². The van der Waals surface area contributed by atoms with E-state index in [0.29, 0.717) is 5.56 Å². The summed E-state index contributed by atoms with van der Waals surface area (Å²) >= 11 is 0. The number of phenols is 1. The van der Waals surface area contributed by atoms with Crippen LogP contribution in [0.5, 0.6) is 5.75 Å². The Morgan fingerprint density at radius 2 is 2.15 bits per heavy atom. The summed E-state index contributed by atoms with van der Waals surface area (Å²) in [5.41, 5.74) is 4.94. The largest absolute Gasteiger partial charge is 0.507 e. The van der Waals surface area contributed by atoms with Gasteiger partial charge in [0, 0.05) is 11.6 Å². The van der Waals surface area contributed by atoms with Gasteiger partial charge in [-0.1, -0.05) is 6.07 Å². The van der Waals surface area contributed by atoms with Gasteiger partial charge in [-0.3, -0.25) is 0 Å². The smallest absolute Gasteiger partial charge is 0.126 e. The molecule has 0 saturated carbocycles. The number of aliphatic hydroxyl groups excluding tert-OH is 1. The Morgan fingerprint density at radius 1 is 1.54 bits per heavy atom. The summed E-state index contributed by atoms with van der Waals surface area (Å²) in [5, 5.41) is 18.2. The molecule has 0 spiro atoms. The van der Waals surface area contributed by atoms with Crippen molar-refractivity contribution in [1.29, 1.82) is 0 Å². The van der Waals surface area contributed by atoms with Gasteiger partial charge in [-0.05, 0) is 13.0 Å². The van der Waals surface area contributed by atoms with Crippen LogP contribution in [-0.4, -0.2) is 16.8 Å². The Bertz CT molecular complexity index is 312. The van der Waals surface area contributed by atoms with Crippen molar-refractivity contribution in [2.75, 3.05) is 6.61 Å². The molecule has 0 aliphatic rings. The number of hydrogen-bond donors (Lipinski definition) is 3. The highest BCUT2D eigenvalue weighted by Gasteiger charge is 2.23. The van der Waals surface area contributed by atoms with Gasteiger partial charge in [-0.25, -0.2) is 4.39 Å². The van der Waals surface area contributed by atoms with Gasteiger partial charge in [0.1, 0.15) is 11.6 Å². The fourth-order valence-electron chi connectivity index (χ4n) is 1.07. The van der Waals surface area contributed by atoms with Crippen LogP contribution in [0.3, 0.4) is 0 Å². The lowest BCUT2D eigenvalue weighted by molar-refractivity contribution is 0.206. The molecule has 0 fully saturated rings. The summed E-state index contributed by atoms with van der Waals surface area (Å²) in [6.45, 7) is 1.24. The molecule has 72 valence electrons. The van der Waals surface area contributed by atoms with Crippen molar-refractivity contribution in [3.05, 3.63) is 29.6 Å². The van der Waals surface area contributed by atoms with Crippen molar-refractivity contribution in [2.24, 2.45) is 5.73 Å². The number of rotatable bonds is 2. The molecule has 0 aliphatic carbocycles. The Labute approximate surface area is 75.6 Å². The highest BCUT2D eigenvalue weighted by molar-refractivity contribution is 5.37. The zero-order valence-electron chi connectivity index (χ0n) is 7.29. The van der Waals surface area contributed by atoms with E-state index in [1.807, 2.05) is 0 Å². The summed E-state index contributed by atoms with van der Waals surface area (Å²) in [6, 6.07) is 3.52. The third kappa shape index (κ3) is 1.96. The Balaban J connectivity index is 3.16. The van der Waals surface area contributed by atoms with E-state index >= 15 is 0 Å². The molecule has 1 aromatic rings. The second-order valence-corrected chi connectivity index (χ2v) is 3.24.